The molecule has 3 rings (SSSR count). The molecule has 1 aliphatic heterocycles. The van der Waals surface area contributed by atoms with Crippen LogP contribution in [-0.4, -0.2) is 35.6 Å². The maximum Gasteiger partial charge on any atom is 0.213 e. The highest BCUT2D eigenvalue weighted by Crippen LogP contribution is 2.35. The van der Waals surface area contributed by atoms with Crippen LogP contribution in [0.1, 0.15) is 48.2 Å². The summed E-state index contributed by atoms with van der Waals surface area (Å²) in [5, 5.41) is 0. The van der Waals surface area contributed by atoms with Crippen LogP contribution in [0.4, 0.5) is 0 Å². The Balaban J connectivity index is 1.83. The van der Waals surface area contributed by atoms with Gasteiger partial charge in [0.1, 0.15) is 18.1 Å². The molecule has 0 spiro atoms. The van der Waals surface area contributed by atoms with E-state index in [9.17, 15) is 4.79 Å². The lowest BCUT2D eigenvalue weighted by Gasteiger charge is -2.17. The van der Waals surface area contributed by atoms with Gasteiger partial charge in [-0.3, -0.25) is 9.78 Å². The lowest BCUT2D eigenvalue weighted by atomic mass is 10.1. The van der Waals surface area contributed by atoms with Crippen molar-refractivity contribution >= 4 is 5.78 Å². The maximum absolute atomic E-state index is 12.1. The summed E-state index contributed by atoms with van der Waals surface area (Å²) in [7, 11) is 1.55. The topological polar surface area (TPSA) is 79.8 Å². The van der Waals surface area contributed by atoms with Crippen LogP contribution in [-0.2, 0) is 16.1 Å². The number of hydrogen-bond donors (Lipinski definition) is 0. The highest BCUT2D eigenvalue weighted by atomic mass is 16.7. The zero-order valence-electron chi connectivity index (χ0n) is 15.1. The first-order chi connectivity index (χ1) is 12.6. The third kappa shape index (κ3) is 4.00. The second kappa shape index (κ2) is 8.25. The van der Waals surface area contributed by atoms with Crippen LogP contribution in [0.5, 0.6) is 11.6 Å². The molecule has 0 N–H and O–H groups in total. The number of aromatic nitrogens is 2. The quantitative estimate of drug-likeness (QED) is 0.704. The number of methoxy groups -OCH3 is 1. The van der Waals surface area contributed by atoms with Gasteiger partial charge in [0.15, 0.2) is 12.1 Å². The third-order valence-corrected chi connectivity index (χ3v) is 4.03. The van der Waals surface area contributed by atoms with E-state index in [-0.39, 0.29) is 18.5 Å². The minimum absolute atomic E-state index is 0.000822. The van der Waals surface area contributed by atoms with E-state index < -0.39 is 6.29 Å². The molecule has 2 aromatic heterocycles. The van der Waals surface area contributed by atoms with E-state index >= 15 is 0 Å². The summed E-state index contributed by atoms with van der Waals surface area (Å²) in [5.74, 6) is 0.944. The first-order valence-corrected chi connectivity index (χ1v) is 8.53. The van der Waals surface area contributed by atoms with Gasteiger partial charge in [0, 0.05) is 24.2 Å². The average molecular weight is 358 g/mol. The van der Waals surface area contributed by atoms with Gasteiger partial charge < -0.3 is 18.9 Å². The summed E-state index contributed by atoms with van der Waals surface area (Å²) in [6.45, 7) is 4.45. The van der Waals surface area contributed by atoms with Gasteiger partial charge in [0.2, 0.25) is 5.88 Å². The Labute approximate surface area is 152 Å². The van der Waals surface area contributed by atoms with E-state index in [1.165, 1.54) is 0 Å². The van der Waals surface area contributed by atoms with Crippen LogP contribution in [0.15, 0.2) is 30.6 Å². The van der Waals surface area contributed by atoms with E-state index in [0.29, 0.717) is 35.9 Å². The van der Waals surface area contributed by atoms with Crippen molar-refractivity contribution in [2.24, 2.45) is 0 Å². The first kappa shape index (κ1) is 18.3. The number of pyridine rings is 2. The molecule has 0 bridgehead atoms. The standard InChI is InChI=1S/C19H22N2O5/c1-4-15(22)18-13(6-5-7-20-18)11-24-16-9-21-17(23-3)8-14(16)19-25-10-12(2)26-19/h5-9,12,19H,4,10-11H2,1-3H3. The van der Waals surface area contributed by atoms with Crippen LogP contribution >= 0.6 is 0 Å². The smallest absolute Gasteiger partial charge is 0.213 e. The number of carbonyl (C=O) groups is 1. The van der Waals surface area contributed by atoms with Gasteiger partial charge in [-0.25, -0.2) is 4.98 Å². The molecule has 1 saturated heterocycles. The average Bonchev–Trinajstić information content (AvgIpc) is 3.12. The maximum atomic E-state index is 12.1. The summed E-state index contributed by atoms with van der Waals surface area (Å²) < 4.78 is 22.6. The Kier molecular flexibility index (Phi) is 5.80. The van der Waals surface area contributed by atoms with Crippen molar-refractivity contribution in [2.45, 2.75) is 39.3 Å². The fraction of sp³-hybridized carbons (Fsp3) is 0.421. The summed E-state index contributed by atoms with van der Waals surface area (Å²) >= 11 is 0. The molecule has 0 aliphatic carbocycles. The lowest BCUT2D eigenvalue weighted by molar-refractivity contribution is -0.0590. The largest absolute Gasteiger partial charge is 0.487 e. The number of ketones is 1. The van der Waals surface area contributed by atoms with E-state index in [4.69, 9.17) is 18.9 Å². The van der Waals surface area contributed by atoms with E-state index in [2.05, 4.69) is 9.97 Å². The molecule has 2 atom stereocenters. The van der Waals surface area contributed by atoms with Gasteiger partial charge >= 0.3 is 0 Å². The van der Waals surface area contributed by atoms with Gasteiger partial charge in [-0.2, -0.15) is 0 Å². The van der Waals surface area contributed by atoms with Crippen LogP contribution in [0.25, 0.3) is 0 Å². The van der Waals surface area contributed by atoms with Crippen molar-refractivity contribution in [3.8, 4) is 11.6 Å². The van der Waals surface area contributed by atoms with Crippen molar-refractivity contribution in [1.29, 1.82) is 0 Å². The van der Waals surface area contributed by atoms with Crippen molar-refractivity contribution < 1.29 is 23.7 Å². The van der Waals surface area contributed by atoms with Gasteiger partial charge in [0.05, 0.1) is 31.6 Å². The minimum Gasteiger partial charge on any atom is -0.487 e. The predicted octanol–water partition coefficient (Wildman–Crippen LogP) is 3.09. The van der Waals surface area contributed by atoms with Crippen molar-refractivity contribution in [1.82, 2.24) is 9.97 Å². The zero-order valence-corrected chi connectivity index (χ0v) is 15.1. The Bertz CT molecular complexity index is 780. The van der Waals surface area contributed by atoms with Crippen molar-refractivity contribution in [3.63, 3.8) is 0 Å². The fourth-order valence-corrected chi connectivity index (χ4v) is 2.66. The Morgan fingerprint density at radius 2 is 2.23 bits per heavy atom. The molecule has 3 heterocycles. The molecule has 7 nitrogen and oxygen atoms in total. The number of Topliss-reactive ketones (excluding diaryl/α,β-unsaturated/α-hetero) is 1. The van der Waals surface area contributed by atoms with Crippen LogP contribution < -0.4 is 9.47 Å². The van der Waals surface area contributed by atoms with Crippen LogP contribution in [0.3, 0.4) is 0 Å². The molecule has 0 amide bonds. The number of ether oxygens (including phenoxy) is 4. The second-order valence-corrected chi connectivity index (χ2v) is 5.95. The Morgan fingerprint density at radius 3 is 2.92 bits per heavy atom. The lowest BCUT2D eigenvalue weighted by Crippen LogP contribution is -2.10. The highest BCUT2D eigenvalue weighted by Gasteiger charge is 2.28. The van der Waals surface area contributed by atoms with Gasteiger partial charge in [-0.1, -0.05) is 13.0 Å². The van der Waals surface area contributed by atoms with E-state index in [1.54, 1.807) is 31.6 Å². The van der Waals surface area contributed by atoms with Gasteiger partial charge in [0.25, 0.3) is 0 Å². The molecule has 26 heavy (non-hydrogen) atoms. The SMILES string of the molecule is CCC(=O)c1ncccc1COc1cnc(OC)cc1C1OCC(C)O1. The molecular formula is C19H22N2O5. The predicted molar refractivity (Wildman–Crippen MR) is 93.2 cm³/mol. The number of rotatable bonds is 7. The highest BCUT2D eigenvalue weighted by molar-refractivity contribution is 5.95. The van der Waals surface area contributed by atoms with Crippen LogP contribution in [0.2, 0.25) is 0 Å². The molecule has 2 unspecified atom stereocenters. The molecule has 0 radical (unpaired) electrons. The molecule has 2 aromatic rings. The first-order valence-electron chi connectivity index (χ1n) is 8.53. The second-order valence-electron chi connectivity index (χ2n) is 5.95. The Hall–Kier alpha value is -2.51. The molecule has 7 heteroatoms. The molecule has 0 aromatic carbocycles. The summed E-state index contributed by atoms with van der Waals surface area (Å²) in [5.41, 5.74) is 1.86. The fourth-order valence-electron chi connectivity index (χ4n) is 2.66. The normalized spacial score (nSPS) is 19.3. The summed E-state index contributed by atoms with van der Waals surface area (Å²) in [6.07, 6.45) is 3.03. The molecule has 138 valence electrons. The Morgan fingerprint density at radius 1 is 1.38 bits per heavy atom. The van der Waals surface area contributed by atoms with Gasteiger partial charge in [-0.05, 0) is 13.0 Å². The summed E-state index contributed by atoms with van der Waals surface area (Å²) in [6, 6.07) is 5.35. The number of nitrogens with zero attached hydrogens (tertiary/aromatic N) is 2. The number of hydrogen-bond acceptors (Lipinski definition) is 7. The molecule has 0 saturated carbocycles. The van der Waals surface area contributed by atoms with Crippen LogP contribution in [0, 0.1) is 0 Å². The molecule has 1 fully saturated rings. The third-order valence-electron chi connectivity index (χ3n) is 4.03. The molecular weight excluding hydrogens is 336 g/mol. The van der Waals surface area contributed by atoms with Gasteiger partial charge in [-0.15, -0.1) is 0 Å². The van der Waals surface area contributed by atoms with Crippen molar-refractivity contribution in [2.75, 3.05) is 13.7 Å². The summed E-state index contributed by atoms with van der Waals surface area (Å²) in [4.78, 5) is 20.4. The van der Waals surface area contributed by atoms with E-state index in [1.807, 2.05) is 19.9 Å². The monoisotopic (exact) mass is 358 g/mol. The molecule has 1 aliphatic rings. The minimum atomic E-state index is -0.539. The van der Waals surface area contributed by atoms with E-state index in [0.717, 1.165) is 5.56 Å². The number of carbonyl (C=O) groups excluding carboxylic acids is 1. The zero-order chi connectivity index (χ0) is 18.5. The van der Waals surface area contributed by atoms with Crippen molar-refractivity contribution in [3.05, 3.63) is 47.4 Å².